The Hall–Kier alpha value is -3.84. The second-order valence-electron chi connectivity index (χ2n) is 28.4. The number of aldehydes is 1. The smallest absolute Gasteiger partial charge is 0.331 e. The number of carbonyl (C=O) groups excluding carboxylic acids is 2. The van der Waals surface area contributed by atoms with Crippen LogP contribution in [0.3, 0.4) is 0 Å². The first-order valence-electron chi connectivity index (χ1n) is 31.1. The van der Waals surface area contributed by atoms with Crippen molar-refractivity contribution >= 4 is 12.3 Å². The van der Waals surface area contributed by atoms with Gasteiger partial charge in [0.05, 0.1) is 29.8 Å². The van der Waals surface area contributed by atoms with E-state index < -0.39 is 80.8 Å². The first-order chi connectivity index (χ1) is 37.8. The number of likely N-dealkylation sites (N-methyl/N-ethyl adjacent to an activating group) is 1. The van der Waals surface area contributed by atoms with E-state index in [9.17, 15) is 15.0 Å². The average molecular weight is 1060 g/mol. The third-order valence-electron chi connectivity index (χ3n) is 26.7. The molecule has 16 rings (SSSR count). The van der Waals surface area contributed by atoms with Crippen molar-refractivity contribution in [3.63, 3.8) is 0 Å². The van der Waals surface area contributed by atoms with Crippen LogP contribution in [0.25, 0.3) is 0 Å². The van der Waals surface area contributed by atoms with Gasteiger partial charge in [0, 0.05) is 77.5 Å². The summed E-state index contributed by atoms with van der Waals surface area (Å²) in [6.07, 6.45) is 14.2. The molecule has 14 aliphatic rings. The highest BCUT2D eigenvalue weighted by Crippen LogP contribution is 2.82. The molecule has 2 heterocycles. The summed E-state index contributed by atoms with van der Waals surface area (Å²) in [5, 5.41) is 74.2. The molecule has 78 heavy (non-hydrogen) atoms. The summed E-state index contributed by atoms with van der Waals surface area (Å²) in [6.45, 7) is 2.86. The number of aliphatic hydroxyl groups excluding tert-OH is 2. The fraction of sp³-hybridized carbons (Fsp3) is 0.706. The van der Waals surface area contributed by atoms with Crippen LogP contribution in [0.2, 0.25) is 0 Å². The van der Waals surface area contributed by atoms with E-state index in [4.69, 9.17) is 9.47 Å². The van der Waals surface area contributed by atoms with Gasteiger partial charge in [-0.2, -0.15) is 0 Å². The van der Waals surface area contributed by atoms with E-state index in [2.05, 4.69) is 66.3 Å². The molecule has 0 aromatic heterocycles. The van der Waals surface area contributed by atoms with Crippen molar-refractivity contribution in [2.75, 3.05) is 13.7 Å². The first kappa shape index (κ1) is 51.1. The zero-order valence-electron chi connectivity index (χ0n) is 46.0. The van der Waals surface area contributed by atoms with E-state index in [0.717, 1.165) is 73.5 Å². The summed E-state index contributed by atoms with van der Waals surface area (Å²) >= 11 is 0. The zero-order chi connectivity index (χ0) is 53.3. The van der Waals surface area contributed by atoms with Crippen LogP contribution in [0, 0.1) is 123 Å². The predicted molar refractivity (Wildman–Crippen MR) is 292 cm³/mol. The van der Waals surface area contributed by atoms with E-state index in [-0.39, 0.29) is 60.7 Å². The van der Waals surface area contributed by atoms with Gasteiger partial charge >= 0.3 is 5.97 Å². The molecule has 24 atom stereocenters. The Balaban J connectivity index is 0.980. The van der Waals surface area contributed by atoms with E-state index in [1.165, 1.54) is 18.4 Å². The van der Waals surface area contributed by atoms with Crippen LogP contribution in [0.15, 0.2) is 60.2 Å². The van der Waals surface area contributed by atoms with Crippen molar-refractivity contribution < 1.29 is 44.6 Å². The molecule has 0 amide bonds. The van der Waals surface area contributed by atoms with Crippen molar-refractivity contribution in [2.24, 2.45) is 99.1 Å². The van der Waals surface area contributed by atoms with E-state index in [0.29, 0.717) is 88.1 Å². The summed E-state index contributed by atoms with van der Waals surface area (Å²) in [7, 11) is 1.94. The highest BCUT2D eigenvalue weighted by molar-refractivity contribution is 5.86. The number of benzene rings is 2. The van der Waals surface area contributed by atoms with Gasteiger partial charge in [-0.3, -0.25) is 0 Å². The van der Waals surface area contributed by atoms with Crippen LogP contribution in [-0.4, -0.2) is 92.6 Å². The Labute approximate surface area is 461 Å². The number of hydrogen-bond acceptors (Lipinski definition) is 10. The van der Waals surface area contributed by atoms with E-state index >= 15 is 20.1 Å². The number of rotatable bonds is 6. The number of aliphatic hydroxyl groups is 5. The van der Waals surface area contributed by atoms with Crippen LogP contribution < -0.4 is 5.32 Å². The second kappa shape index (κ2) is 18.1. The number of carbonyl (C=O) groups is 2. The Morgan fingerprint density at radius 1 is 0.859 bits per heavy atom. The quantitative estimate of drug-likeness (QED) is 0.0944. The monoisotopic (exact) mass is 1060 g/mol. The summed E-state index contributed by atoms with van der Waals surface area (Å²) in [5.41, 5.74) is -4.47. The molecule has 10 nitrogen and oxygen atoms in total. The normalized spacial score (nSPS) is 50.4. The minimum Gasteiger partial charge on any atom is -0.454 e. The molecule has 2 aromatic rings. The van der Waals surface area contributed by atoms with E-state index in [1.54, 1.807) is 6.08 Å². The zero-order valence-corrected chi connectivity index (χ0v) is 46.0. The van der Waals surface area contributed by atoms with Gasteiger partial charge in [-0.05, 0) is 178 Å². The summed E-state index contributed by atoms with van der Waals surface area (Å²) in [4.78, 5) is 29.9. The number of ether oxygens (including phenoxy) is 2. The largest absolute Gasteiger partial charge is 0.454 e. The van der Waals surface area contributed by atoms with Crippen LogP contribution in [0.4, 0.5) is 0 Å². The van der Waals surface area contributed by atoms with Gasteiger partial charge < -0.3 is 45.1 Å². The minimum atomic E-state index is -2.30. The Morgan fingerprint density at radius 2 is 1.68 bits per heavy atom. The maximum atomic E-state index is 15.8. The minimum absolute atomic E-state index is 0.120. The molecular weight excluding hydrogens is 975 g/mol. The molecule has 0 radical (unpaired) electrons. The fourth-order valence-electron chi connectivity index (χ4n) is 24.1. The number of nitrogens with one attached hydrogen (secondary N) is 1. The number of hydrogen-bond donors (Lipinski definition) is 6. The number of esters is 1. The van der Waals surface area contributed by atoms with Crippen LogP contribution >= 0.6 is 0 Å². The molecule has 9 bridgehead atoms. The van der Waals surface area contributed by atoms with Crippen LogP contribution in [0.1, 0.15) is 151 Å². The molecule has 2 aromatic carbocycles. The van der Waals surface area contributed by atoms with Gasteiger partial charge in [0.1, 0.15) is 23.6 Å². The second-order valence-corrected chi connectivity index (χ2v) is 28.4. The molecule has 6 N–H and O–H groups in total. The average Bonchev–Trinajstić information content (AvgIpc) is 2.18. The Bertz CT molecular complexity index is 2930. The lowest BCUT2D eigenvalue weighted by Gasteiger charge is -2.76. The highest BCUT2D eigenvalue weighted by Gasteiger charge is 2.89. The van der Waals surface area contributed by atoms with E-state index in [1.807, 2.05) is 25.2 Å². The number of fused-ring (bicyclic) bond motifs is 5. The molecule has 24 unspecified atom stereocenters. The molecule has 12 aliphatic carbocycles. The Morgan fingerprint density at radius 3 is 2.47 bits per heavy atom. The van der Waals surface area contributed by atoms with Crippen molar-refractivity contribution in [3.05, 3.63) is 82.4 Å². The standard InChI is InChI=1S/C68H83NO9/c1-38(39-12-6-7-13-39)42-21-23-54-62-65-36-64(37-71)60-43(18-11-20-48-47(40-14-4-3-5-15-40)22-24-53(65)50(48)30-46(65)25-27-77-62)33-63-26-9-8-16-41-17-10-19-44(35-70)49(41)31-56(69-2)51-28-45(58(63)52-32-57(72)78-59(51)52)34-66(63,74)68(60,76)61(73)55(29-42)67(54,64)75/h3-5,10,14-15,17,19,32,37-39,42-43,45-48,50-51,53-56,58-62,69-70,73-76H,6-7,9,12-13,20-31,33-36H2,1-2H3. The molecule has 1 saturated heterocycles. The van der Waals surface area contributed by atoms with Gasteiger partial charge in [0.25, 0.3) is 0 Å². The molecular formula is C68H83NO9. The lowest BCUT2D eigenvalue weighted by molar-refractivity contribution is -0.397. The molecule has 2 aliphatic heterocycles. The van der Waals surface area contributed by atoms with Crippen molar-refractivity contribution in [1.29, 1.82) is 0 Å². The van der Waals surface area contributed by atoms with Crippen LogP contribution in [-0.2, 0) is 32.1 Å². The van der Waals surface area contributed by atoms with Crippen molar-refractivity contribution in [3.8, 4) is 23.7 Å². The topological polar surface area (TPSA) is 166 Å². The molecule has 10 heteroatoms. The van der Waals surface area contributed by atoms with Crippen molar-refractivity contribution in [1.82, 2.24) is 5.32 Å². The lowest BCUT2D eigenvalue weighted by atomic mass is 9.30. The van der Waals surface area contributed by atoms with Gasteiger partial charge in [0.15, 0.2) is 0 Å². The van der Waals surface area contributed by atoms with Gasteiger partial charge in [-0.15, -0.1) is 5.92 Å². The summed E-state index contributed by atoms with van der Waals surface area (Å²) in [6, 6.07) is 16.7. The Kier molecular flexibility index (Phi) is 11.8. The molecule has 9 saturated carbocycles. The fourth-order valence-corrected chi connectivity index (χ4v) is 24.1. The molecule has 10 fully saturated rings. The van der Waals surface area contributed by atoms with Gasteiger partial charge in [0.2, 0.25) is 0 Å². The summed E-state index contributed by atoms with van der Waals surface area (Å²) in [5.74, 6) is 12.7. The van der Waals surface area contributed by atoms with Crippen molar-refractivity contribution in [2.45, 2.75) is 183 Å². The van der Waals surface area contributed by atoms with Crippen LogP contribution in [0.5, 0.6) is 0 Å². The third-order valence-corrected chi connectivity index (χ3v) is 26.7. The molecule has 2 spiro atoms. The summed E-state index contributed by atoms with van der Waals surface area (Å²) < 4.78 is 13.8. The maximum Gasteiger partial charge on any atom is 0.331 e. The lowest BCUT2D eigenvalue weighted by Crippen LogP contribution is -2.88. The first-order valence-corrected chi connectivity index (χ1v) is 31.1. The maximum absolute atomic E-state index is 15.8. The molecule has 414 valence electrons. The predicted octanol–water partition coefficient (Wildman–Crippen LogP) is 8.23. The third kappa shape index (κ3) is 6.39. The van der Waals surface area contributed by atoms with Gasteiger partial charge in [-0.25, -0.2) is 4.79 Å². The van der Waals surface area contributed by atoms with Gasteiger partial charge in [-0.1, -0.05) is 92.8 Å². The SMILES string of the molecule is CNC1Cc2c(cccc2CO)C#CCCC23CC4C#CCC5C(c6ccccc6)CCC6C5CC5CCOC7C8CCC(C(C)C9CCCC9)CC9C(O)C(O)(C4C(C=O)(CC567)C89O)C2(O)CC2CC1C1OC(=O)C=C1C23. The highest BCUT2D eigenvalue weighted by atomic mass is 16.5.